The minimum absolute atomic E-state index is 0.0713. The Morgan fingerprint density at radius 3 is 2.76 bits per heavy atom. The van der Waals surface area contributed by atoms with E-state index in [1.807, 2.05) is 42.5 Å². The summed E-state index contributed by atoms with van der Waals surface area (Å²) in [6.07, 6.45) is 2.03. The van der Waals surface area contributed by atoms with Gasteiger partial charge in [0.2, 0.25) is 5.91 Å². The molecule has 5 nitrogen and oxygen atoms in total. The molecule has 0 radical (unpaired) electrons. The second-order valence-corrected chi connectivity index (χ2v) is 4.84. The first-order valence-electron chi connectivity index (χ1n) is 6.76. The highest BCUT2D eigenvalue weighted by molar-refractivity contribution is 6.00. The molecule has 2 aromatic carbocycles. The van der Waals surface area contributed by atoms with Crippen LogP contribution in [-0.2, 0) is 17.8 Å². The van der Waals surface area contributed by atoms with E-state index in [0.717, 1.165) is 27.7 Å². The van der Waals surface area contributed by atoms with Gasteiger partial charge in [0.1, 0.15) is 0 Å². The van der Waals surface area contributed by atoms with Gasteiger partial charge in [-0.3, -0.25) is 9.89 Å². The van der Waals surface area contributed by atoms with Gasteiger partial charge in [-0.15, -0.1) is 0 Å². The number of carbonyl (C=O) groups excluding carboxylic acids is 1. The van der Waals surface area contributed by atoms with Gasteiger partial charge in [-0.2, -0.15) is 5.10 Å². The van der Waals surface area contributed by atoms with Crippen molar-refractivity contribution >= 4 is 22.5 Å². The second kappa shape index (κ2) is 5.76. The molecule has 5 heteroatoms. The van der Waals surface area contributed by atoms with Gasteiger partial charge in [0.25, 0.3) is 0 Å². The van der Waals surface area contributed by atoms with E-state index in [1.54, 1.807) is 6.20 Å². The zero-order valence-corrected chi connectivity index (χ0v) is 11.5. The average molecular weight is 280 g/mol. The number of nitrogens with zero attached hydrogens (tertiary/aromatic N) is 1. The molecular formula is C16H16N4O. The zero-order chi connectivity index (χ0) is 14.7. The second-order valence-electron chi connectivity index (χ2n) is 4.84. The van der Waals surface area contributed by atoms with Crippen LogP contribution in [0.4, 0.5) is 5.69 Å². The molecule has 1 heterocycles. The molecule has 21 heavy (non-hydrogen) atoms. The van der Waals surface area contributed by atoms with E-state index in [-0.39, 0.29) is 5.91 Å². The van der Waals surface area contributed by atoms with Crippen molar-refractivity contribution in [3.05, 3.63) is 59.8 Å². The number of para-hydroxylation sites is 1. The Morgan fingerprint density at radius 1 is 1.14 bits per heavy atom. The van der Waals surface area contributed by atoms with E-state index in [1.165, 1.54) is 0 Å². The molecule has 1 amide bonds. The van der Waals surface area contributed by atoms with Crippen LogP contribution in [0.1, 0.15) is 11.1 Å². The van der Waals surface area contributed by atoms with Crippen molar-refractivity contribution in [1.82, 2.24) is 10.2 Å². The summed E-state index contributed by atoms with van der Waals surface area (Å²) in [5.74, 6) is -0.0713. The molecule has 0 aliphatic rings. The highest BCUT2D eigenvalue weighted by Gasteiger charge is 2.09. The minimum atomic E-state index is -0.0713. The maximum atomic E-state index is 12.2. The first kappa shape index (κ1) is 13.3. The summed E-state index contributed by atoms with van der Waals surface area (Å²) in [7, 11) is 0. The molecular weight excluding hydrogens is 264 g/mol. The van der Waals surface area contributed by atoms with E-state index in [9.17, 15) is 4.79 Å². The third-order valence-corrected chi connectivity index (χ3v) is 3.44. The lowest BCUT2D eigenvalue weighted by Crippen LogP contribution is -2.16. The van der Waals surface area contributed by atoms with Crippen LogP contribution in [0.2, 0.25) is 0 Å². The van der Waals surface area contributed by atoms with Crippen molar-refractivity contribution in [1.29, 1.82) is 0 Å². The SMILES string of the molecule is NCc1ccccc1CC(=O)Nc1cccc2cn[nH]c12. The lowest BCUT2D eigenvalue weighted by Gasteiger charge is -2.09. The molecule has 0 atom stereocenters. The summed E-state index contributed by atoms with van der Waals surface area (Å²) < 4.78 is 0. The largest absolute Gasteiger partial charge is 0.326 e. The summed E-state index contributed by atoms with van der Waals surface area (Å²) in [5.41, 5.74) is 9.21. The number of rotatable bonds is 4. The Hall–Kier alpha value is -2.66. The molecule has 106 valence electrons. The highest BCUT2D eigenvalue weighted by Crippen LogP contribution is 2.20. The smallest absolute Gasteiger partial charge is 0.228 e. The number of hydrogen-bond acceptors (Lipinski definition) is 3. The molecule has 3 aromatic rings. The molecule has 3 rings (SSSR count). The fraction of sp³-hybridized carbons (Fsp3) is 0.125. The van der Waals surface area contributed by atoms with Gasteiger partial charge in [0.05, 0.1) is 23.8 Å². The van der Waals surface area contributed by atoms with Crippen molar-refractivity contribution in [2.75, 3.05) is 5.32 Å². The van der Waals surface area contributed by atoms with Crippen molar-refractivity contribution in [2.24, 2.45) is 5.73 Å². The summed E-state index contributed by atoms with van der Waals surface area (Å²) >= 11 is 0. The maximum absolute atomic E-state index is 12.2. The van der Waals surface area contributed by atoms with Crippen LogP contribution in [0.25, 0.3) is 10.9 Å². The van der Waals surface area contributed by atoms with Crippen LogP contribution in [0.3, 0.4) is 0 Å². The first-order chi connectivity index (χ1) is 10.3. The fourth-order valence-electron chi connectivity index (χ4n) is 2.37. The molecule has 0 unspecified atom stereocenters. The van der Waals surface area contributed by atoms with Crippen LogP contribution in [-0.4, -0.2) is 16.1 Å². The Morgan fingerprint density at radius 2 is 1.95 bits per heavy atom. The lowest BCUT2D eigenvalue weighted by atomic mass is 10.0. The molecule has 0 aliphatic carbocycles. The zero-order valence-electron chi connectivity index (χ0n) is 11.5. The van der Waals surface area contributed by atoms with Gasteiger partial charge >= 0.3 is 0 Å². The van der Waals surface area contributed by atoms with E-state index in [2.05, 4.69) is 15.5 Å². The lowest BCUT2D eigenvalue weighted by molar-refractivity contribution is -0.115. The van der Waals surface area contributed by atoms with Crippen molar-refractivity contribution in [3.8, 4) is 0 Å². The van der Waals surface area contributed by atoms with Gasteiger partial charge in [0, 0.05) is 11.9 Å². The third-order valence-electron chi connectivity index (χ3n) is 3.44. The fourth-order valence-corrected chi connectivity index (χ4v) is 2.37. The molecule has 0 spiro atoms. The number of aromatic amines is 1. The number of hydrogen-bond donors (Lipinski definition) is 3. The number of benzene rings is 2. The summed E-state index contributed by atoms with van der Waals surface area (Å²) in [6.45, 7) is 0.430. The molecule has 0 saturated carbocycles. The van der Waals surface area contributed by atoms with Crippen LogP contribution in [0.15, 0.2) is 48.7 Å². The number of nitrogens with two attached hydrogens (primary N) is 1. The quantitative estimate of drug-likeness (QED) is 0.685. The number of H-pyrrole nitrogens is 1. The van der Waals surface area contributed by atoms with Crippen LogP contribution >= 0.6 is 0 Å². The topological polar surface area (TPSA) is 83.8 Å². The van der Waals surface area contributed by atoms with E-state index in [4.69, 9.17) is 5.73 Å². The van der Waals surface area contributed by atoms with E-state index < -0.39 is 0 Å². The van der Waals surface area contributed by atoms with E-state index in [0.29, 0.717) is 13.0 Å². The van der Waals surface area contributed by atoms with Gasteiger partial charge < -0.3 is 11.1 Å². The highest BCUT2D eigenvalue weighted by atomic mass is 16.1. The summed E-state index contributed by atoms with van der Waals surface area (Å²) in [6, 6.07) is 13.4. The minimum Gasteiger partial charge on any atom is -0.326 e. The van der Waals surface area contributed by atoms with Crippen LogP contribution in [0, 0.1) is 0 Å². The van der Waals surface area contributed by atoms with Gasteiger partial charge in [-0.05, 0) is 17.2 Å². The first-order valence-corrected chi connectivity index (χ1v) is 6.76. The number of fused-ring (bicyclic) bond motifs is 1. The molecule has 4 N–H and O–H groups in total. The molecule has 0 bridgehead atoms. The predicted molar refractivity (Wildman–Crippen MR) is 82.8 cm³/mol. The number of nitrogens with one attached hydrogen (secondary N) is 2. The molecule has 0 aliphatic heterocycles. The van der Waals surface area contributed by atoms with Gasteiger partial charge in [-0.1, -0.05) is 36.4 Å². The van der Waals surface area contributed by atoms with Crippen LogP contribution < -0.4 is 11.1 Å². The Labute approximate surface area is 122 Å². The predicted octanol–water partition coefficient (Wildman–Crippen LogP) is 2.20. The Kier molecular flexibility index (Phi) is 3.66. The normalized spacial score (nSPS) is 10.7. The molecule has 1 aromatic heterocycles. The van der Waals surface area contributed by atoms with E-state index >= 15 is 0 Å². The van der Waals surface area contributed by atoms with Crippen molar-refractivity contribution in [2.45, 2.75) is 13.0 Å². The Balaban J connectivity index is 1.79. The van der Waals surface area contributed by atoms with Crippen molar-refractivity contribution in [3.63, 3.8) is 0 Å². The number of amides is 1. The number of anilines is 1. The van der Waals surface area contributed by atoms with Crippen molar-refractivity contribution < 1.29 is 4.79 Å². The number of aromatic nitrogens is 2. The third kappa shape index (κ3) is 2.78. The number of carbonyl (C=O) groups is 1. The molecule has 0 fully saturated rings. The monoisotopic (exact) mass is 280 g/mol. The van der Waals surface area contributed by atoms with Gasteiger partial charge in [-0.25, -0.2) is 0 Å². The van der Waals surface area contributed by atoms with Crippen LogP contribution in [0.5, 0.6) is 0 Å². The van der Waals surface area contributed by atoms with Gasteiger partial charge in [0.15, 0.2) is 0 Å². The maximum Gasteiger partial charge on any atom is 0.228 e. The summed E-state index contributed by atoms with van der Waals surface area (Å²) in [4.78, 5) is 12.2. The Bertz CT molecular complexity index is 779. The average Bonchev–Trinajstić information content (AvgIpc) is 2.97. The summed E-state index contributed by atoms with van der Waals surface area (Å²) in [5, 5.41) is 10.8. The molecule has 0 saturated heterocycles. The standard InChI is InChI=1S/C16H16N4O/c17-9-12-5-2-1-4-11(12)8-15(21)19-14-7-3-6-13-10-18-20-16(13)14/h1-7,10H,8-9,17H2,(H,18,20)(H,19,21).